The van der Waals surface area contributed by atoms with Gasteiger partial charge < -0.3 is 5.11 Å². The van der Waals surface area contributed by atoms with Crippen LogP contribution in [-0.4, -0.2) is 26.9 Å². The van der Waals surface area contributed by atoms with Gasteiger partial charge in [0.05, 0.1) is 20.0 Å². The van der Waals surface area contributed by atoms with Gasteiger partial charge in [-0.1, -0.05) is 169 Å². The van der Waals surface area contributed by atoms with Crippen molar-refractivity contribution in [2.24, 2.45) is 0 Å². The number of hydrogen-bond donors (Lipinski definition) is 1. The zero-order chi connectivity index (χ0) is 39.5. The van der Waals surface area contributed by atoms with Crippen LogP contribution in [0.5, 0.6) is 0 Å². The van der Waals surface area contributed by atoms with Crippen LogP contribution in [0.15, 0.2) is 182 Å². The van der Waals surface area contributed by atoms with Crippen molar-refractivity contribution in [2.45, 2.75) is 13.5 Å². The number of aliphatic hydroxyl groups is 1. The van der Waals surface area contributed by atoms with Gasteiger partial charge in [-0.2, -0.15) is 8.42 Å². The van der Waals surface area contributed by atoms with Gasteiger partial charge in [-0.15, -0.1) is 0 Å². The Morgan fingerprint density at radius 1 is 0.404 bits per heavy atom. The Bertz CT molecular complexity index is 3130. The first-order valence-electron chi connectivity index (χ1n) is 18.9. The molecule has 0 unspecified atom stereocenters. The summed E-state index contributed by atoms with van der Waals surface area (Å²) in [5.41, 5.74) is 7.09. The molecule has 57 heavy (non-hydrogen) atoms. The van der Waals surface area contributed by atoms with E-state index in [0.29, 0.717) is 0 Å². The lowest BCUT2D eigenvalue weighted by Gasteiger charge is -2.12. The molecule has 5 heteroatoms. The molecular formula is C52H42O4S. The van der Waals surface area contributed by atoms with Gasteiger partial charge in [0.15, 0.2) is 0 Å². The van der Waals surface area contributed by atoms with Gasteiger partial charge in [-0.3, -0.25) is 4.18 Å². The molecule has 0 spiro atoms. The minimum Gasteiger partial charge on any atom is -0.392 e. The summed E-state index contributed by atoms with van der Waals surface area (Å²) in [5, 5.41) is 25.1. The quantitative estimate of drug-likeness (QED) is 0.143. The zero-order valence-corrected chi connectivity index (χ0v) is 32.9. The van der Waals surface area contributed by atoms with Crippen molar-refractivity contribution in [1.29, 1.82) is 0 Å². The molecule has 10 rings (SSSR count). The summed E-state index contributed by atoms with van der Waals surface area (Å²) in [7, 11) is -2.04. The second-order valence-corrected chi connectivity index (χ2v) is 16.0. The Labute approximate surface area is 333 Å². The van der Waals surface area contributed by atoms with E-state index in [9.17, 15) is 13.5 Å². The smallest absolute Gasteiger partial charge is 0.264 e. The molecule has 0 aliphatic rings. The van der Waals surface area contributed by atoms with Gasteiger partial charge >= 0.3 is 0 Å². The number of aryl methyl sites for hydroxylation is 1. The van der Waals surface area contributed by atoms with Gasteiger partial charge in [0.2, 0.25) is 0 Å². The fraction of sp³-hybridized carbons (Fsp3) is 0.0769. The van der Waals surface area contributed by atoms with Crippen molar-refractivity contribution in [3.63, 3.8) is 0 Å². The van der Waals surface area contributed by atoms with Gasteiger partial charge in [-0.05, 0) is 118 Å². The van der Waals surface area contributed by atoms with E-state index < -0.39 is 10.1 Å². The van der Waals surface area contributed by atoms with Gasteiger partial charge in [0, 0.05) is 0 Å². The maximum Gasteiger partial charge on any atom is 0.264 e. The summed E-state index contributed by atoms with van der Waals surface area (Å²) in [6, 6.07) is 65.1. The summed E-state index contributed by atoms with van der Waals surface area (Å²) >= 11 is 0. The first kappa shape index (κ1) is 37.5. The normalized spacial score (nSPS) is 11.4. The number of fused-ring (bicyclic) bond motifs is 12. The largest absolute Gasteiger partial charge is 0.392 e. The predicted octanol–water partition coefficient (Wildman–Crippen LogP) is 13.0. The van der Waals surface area contributed by atoms with E-state index in [0.717, 1.165) is 24.5 Å². The van der Waals surface area contributed by atoms with E-state index in [1.807, 2.05) is 12.1 Å². The third-order valence-electron chi connectivity index (χ3n) is 10.6. The average molecular weight is 763 g/mol. The molecule has 0 amide bonds. The van der Waals surface area contributed by atoms with E-state index in [1.54, 1.807) is 0 Å². The number of aliphatic hydroxyl groups excluding tert-OH is 1. The van der Waals surface area contributed by atoms with E-state index in [4.69, 9.17) is 0 Å². The second-order valence-electron chi connectivity index (χ2n) is 14.3. The molecule has 4 nitrogen and oxygen atoms in total. The Hall–Kier alpha value is -6.37. The van der Waals surface area contributed by atoms with Crippen LogP contribution in [0.4, 0.5) is 0 Å². The van der Waals surface area contributed by atoms with Crippen molar-refractivity contribution in [1.82, 2.24) is 0 Å². The minimum atomic E-state index is -3.16. The van der Waals surface area contributed by atoms with Crippen molar-refractivity contribution in [3.8, 4) is 22.3 Å². The Morgan fingerprint density at radius 3 is 1.07 bits per heavy atom. The third-order valence-corrected chi connectivity index (χ3v) is 11.2. The first-order chi connectivity index (χ1) is 27.7. The molecule has 10 aromatic carbocycles. The number of hydrogen-bond acceptors (Lipinski definition) is 4. The van der Waals surface area contributed by atoms with E-state index in [-0.39, 0.29) is 6.61 Å². The summed E-state index contributed by atoms with van der Waals surface area (Å²) in [5.74, 6) is 0. The van der Waals surface area contributed by atoms with Crippen molar-refractivity contribution in [2.75, 3.05) is 13.4 Å². The maximum atomic E-state index is 9.78. The molecular weight excluding hydrogens is 721 g/mol. The molecule has 0 radical (unpaired) electrons. The SMILES string of the molecule is COS(C)(=O)=O.Cc1cccc(-c2ccc3c4ccccc4c4ccccc4c3c2)c1.OCc1cccc(-c2ccc3c4ccccc4c4ccccc4c3c2)c1. The molecule has 0 aliphatic carbocycles. The van der Waals surface area contributed by atoms with Crippen LogP contribution in [0.1, 0.15) is 11.1 Å². The Morgan fingerprint density at radius 2 is 0.719 bits per heavy atom. The lowest BCUT2D eigenvalue weighted by Crippen LogP contribution is -1.95. The van der Waals surface area contributed by atoms with Crippen LogP contribution < -0.4 is 0 Å². The van der Waals surface area contributed by atoms with Crippen molar-refractivity contribution >= 4 is 74.8 Å². The molecule has 1 N–H and O–H groups in total. The molecule has 10 aromatic rings. The molecule has 0 saturated carbocycles. The minimum absolute atomic E-state index is 0.0645. The molecule has 0 heterocycles. The lowest BCUT2D eigenvalue weighted by atomic mass is 9.92. The van der Waals surface area contributed by atoms with Crippen molar-refractivity contribution in [3.05, 3.63) is 193 Å². The molecule has 280 valence electrons. The fourth-order valence-electron chi connectivity index (χ4n) is 7.85. The van der Waals surface area contributed by atoms with Gasteiger partial charge in [-0.25, -0.2) is 0 Å². The summed E-state index contributed by atoms with van der Waals surface area (Å²) in [6.07, 6.45) is 0.993. The number of rotatable bonds is 4. The van der Waals surface area contributed by atoms with Gasteiger partial charge in [0.25, 0.3) is 10.1 Å². The highest BCUT2D eigenvalue weighted by Gasteiger charge is 2.11. The predicted molar refractivity (Wildman–Crippen MR) is 241 cm³/mol. The summed E-state index contributed by atoms with van der Waals surface area (Å²) < 4.78 is 23.5. The molecule has 0 aromatic heterocycles. The van der Waals surface area contributed by atoms with E-state index in [2.05, 4.69) is 181 Å². The monoisotopic (exact) mass is 762 g/mol. The van der Waals surface area contributed by atoms with Crippen LogP contribution in [0.3, 0.4) is 0 Å². The summed E-state index contributed by atoms with van der Waals surface area (Å²) in [4.78, 5) is 0. The van der Waals surface area contributed by atoms with Crippen LogP contribution in [-0.2, 0) is 20.9 Å². The lowest BCUT2D eigenvalue weighted by molar-refractivity contribution is 0.282. The topological polar surface area (TPSA) is 63.6 Å². The fourth-order valence-corrected chi connectivity index (χ4v) is 7.85. The molecule has 0 atom stereocenters. The van der Waals surface area contributed by atoms with Crippen molar-refractivity contribution < 1.29 is 17.7 Å². The molecule has 0 fully saturated rings. The third kappa shape index (κ3) is 7.74. The number of benzene rings is 10. The summed E-state index contributed by atoms with van der Waals surface area (Å²) in [6.45, 7) is 2.21. The van der Waals surface area contributed by atoms with E-state index in [1.165, 1.54) is 86.9 Å². The molecule has 0 aliphatic heterocycles. The van der Waals surface area contributed by atoms with E-state index >= 15 is 0 Å². The first-order valence-corrected chi connectivity index (χ1v) is 20.7. The highest BCUT2D eigenvalue weighted by Crippen LogP contribution is 2.38. The second kappa shape index (κ2) is 16.0. The highest BCUT2D eigenvalue weighted by molar-refractivity contribution is 7.85. The van der Waals surface area contributed by atoms with Crippen LogP contribution in [0, 0.1) is 6.92 Å². The Balaban J connectivity index is 0.000000140. The standard InChI is InChI=1S/C25H18O.C25H18.C2H6O3S/c26-16-17-6-5-7-18(14-17)19-12-13-24-22-10-2-1-8-20(22)21-9-3-4-11-23(21)25(24)15-19;1-17-7-6-8-18(15-17)19-13-14-24-22-11-3-2-9-20(22)21-10-4-5-12-23(21)25(24)16-19;1-5-6(2,3)4/h1-15,26H,16H2;2-16H,1H3;1-2H3. The molecule has 0 saturated heterocycles. The molecule has 0 bridgehead atoms. The highest BCUT2D eigenvalue weighted by atomic mass is 32.2. The van der Waals surface area contributed by atoms with Gasteiger partial charge in [0.1, 0.15) is 0 Å². The van der Waals surface area contributed by atoms with Crippen LogP contribution in [0.25, 0.3) is 86.9 Å². The van der Waals surface area contributed by atoms with Crippen LogP contribution >= 0.6 is 0 Å². The average Bonchev–Trinajstić information content (AvgIpc) is 3.26. The zero-order valence-electron chi connectivity index (χ0n) is 32.1. The maximum absolute atomic E-state index is 9.78. The Kier molecular flexibility index (Phi) is 10.5. The van der Waals surface area contributed by atoms with Crippen LogP contribution in [0.2, 0.25) is 0 Å².